The number of hydrogen-bond acceptors (Lipinski definition) is 7. The van der Waals surface area contributed by atoms with Gasteiger partial charge in [0.1, 0.15) is 0 Å². The van der Waals surface area contributed by atoms with E-state index in [1.807, 2.05) is 5.32 Å². The molecule has 0 bridgehead atoms. The standard InChI is InChI=1S/C14H16N4O3S2/c1-7-2-3-9-8(4-7)5-10(23-9)12-17-18-14(21-12)22-6-11(19)16-13(15)20/h5,7H,2-4,6H2,1H3,(H3,15,16,19,20)/t7-/m0/s1. The molecule has 0 unspecified atom stereocenters. The van der Waals surface area contributed by atoms with Gasteiger partial charge in [0, 0.05) is 4.88 Å². The van der Waals surface area contributed by atoms with Crippen molar-refractivity contribution in [3.63, 3.8) is 0 Å². The lowest BCUT2D eigenvalue weighted by molar-refractivity contribution is -0.117. The number of amides is 3. The molecule has 3 rings (SSSR count). The predicted octanol–water partition coefficient (Wildman–Crippen LogP) is 2.21. The van der Waals surface area contributed by atoms with Gasteiger partial charge < -0.3 is 10.2 Å². The molecule has 0 radical (unpaired) electrons. The highest BCUT2D eigenvalue weighted by molar-refractivity contribution is 7.99. The van der Waals surface area contributed by atoms with E-state index in [1.54, 1.807) is 11.3 Å². The maximum absolute atomic E-state index is 11.3. The molecule has 0 aliphatic heterocycles. The number of thioether (sulfide) groups is 1. The Hall–Kier alpha value is -1.87. The second-order valence-corrected chi connectivity index (χ2v) is 7.54. The number of nitrogens with two attached hydrogens (primary N) is 1. The van der Waals surface area contributed by atoms with Crippen molar-refractivity contribution in [3.05, 3.63) is 16.5 Å². The lowest BCUT2D eigenvalue weighted by Gasteiger charge is -2.16. The van der Waals surface area contributed by atoms with Gasteiger partial charge in [0.25, 0.3) is 11.1 Å². The van der Waals surface area contributed by atoms with Crippen LogP contribution in [0.5, 0.6) is 0 Å². The summed E-state index contributed by atoms with van der Waals surface area (Å²) in [6.45, 7) is 2.26. The zero-order chi connectivity index (χ0) is 16.4. The van der Waals surface area contributed by atoms with E-state index in [-0.39, 0.29) is 5.75 Å². The van der Waals surface area contributed by atoms with E-state index in [0.717, 1.165) is 29.5 Å². The number of primary amides is 1. The minimum atomic E-state index is -0.875. The van der Waals surface area contributed by atoms with Gasteiger partial charge in [-0.25, -0.2) is 4.79 Å². The molecule has 2 aromatic rings. The predicted molar refractivity (Wildman–Crippen MR) is 87.3 cm³/mol. The van der Waals surface area contributed by atoms with Crippen molar-refractivity contribution in [1.29, 1.82) is 0 Å². The van der Waals surface area contributed by atoms with Crippen LogP contribution in [0.25, 0.3) is 10.8 Å². The van der Waals surface area contributed by atoms with E-state index in [0.29, 0.717) is 17.0 Å². The molecule has 9 heteroatoms. The van der Waals surface area contributed by atoms with Gasteiger partial charge in [-0.3, -0.25) is 10.1 Å². The average Bonchev–Trinajstić information content (AvgIpc) is 3.10. The molecule has 3 N–H and O–H groups in total. The molecule has 0 saturated heterocycles. The zero-order valence-corrected chi connectivity index (χ0v) is 14.1. The Morgan fingerprint density at radius 1 is 1.52 bits per heavy atom. The summed E-state index contributed by atoms with van der Waals surface area (Å²) in [5.74, 6) is 0.670. The van der Waals surface area contributed by atoms with E-state index in [2.05, 4.69) is 23.2 Å². The Balaban J connectivity index is 1.65. The van der Waals surface area contributed by atoms with E-state index >= 15 is 0 Å². The molecule has 0 fully saturated rings. The van der Waals surface area contributed by atoms with Crippen molar-refractivity contribution >= 4 is 35.0 Å². The van der Waals surface area contributed by atoms with Crippen LogP contribution in [0.1, 0.15) is 23.8 Å². The molecule has 0 saturated carbocycles. The number of thiophene rings is 1. The monoisotopic (exact) mass is 352 g/mol. The fourth-order valence-corrected chi connectivity index (χ4v) is 4.17. The number of aryl methyl sites for hydroxylation is 1. The second kappa shape index (κ2) is 6.71. The Kier molecular flexibility index (Phi) is 4.67. The summed E-state index contributed by atoms with van der Waals surface area (Å²) >= 11 is 2.76. The lowest BCUT2D eigenvalue weighted by Crippen LogP contribution is -2.36. The van der Waals surface area contributed by atoms with Crippen LogP contribution in [0.4, 0.5) is 4.79 Å². The quantitative estimate of drug-likeness (QED) is 0.816. The third-order valence-electron chi connectivity index (χ3n) is 3.54. The highest BCUT2D eigenvalue weighted by atomic mass is 32.2. The SMILES string of the molecule is C[C@H]1CCc2sc(-c3nnc(SCC(=O)NC(N)=O)o3)cc2C1. The smallest absolute Gasteiger partial charge is 0.318 e. The van der Waals surface area contributed by atoms with Crippen LogP contribution in [0, 0.1) is 5.92 Å². The summed E-state index contributed by atoms with van der Waals surface area (Å²) in [4.78, 5) is 24.3. The number of aromatic nitrogens is 2. The molecule has 1 aliphatic rings. The van der Waals surface area contributed by atoms with Crippen LogP contribution in [0.2, 0.25) is 0 Å². The van der Waals surface area contributed by atoms with Crippen molar-refractivity contribution in [1.82, 2.24) is 15.5 Å². The molecule has 2 heterocycles. The van der Waals surface area contributed by atoms with Crippen molar-refractivity contribution < 1.29 is 14.0 Å². The van der Waals surface area contributed by atoms with E-state index in [9.17, 15) is 9.59 Å². The number of nitrogens with zero attached hydrogens (tertiary/aromatic N) is 2. The van der Waals surface area contributed by atoms with Crippen LogP contribution in [0.3, 0.4) is 0 Å². The van der Waals surface area contributed by atoms with Crippen LogP contribution < -0.4 is 11.1 Å². The van der Waals surface area contributed by atoms with Crippen LogP contribution >= 0.6 is 23.1 Å². The molecule has 1 atom stereocenters. The first kappa shape index (κ1) is 16.0. The van der Waals surface area contributed by atoms with Gasteiger partial charge in [0.15, 0.2) is 0 Å². The second-order valence-electron chi connectivity index (χ2n) is 5.48. The minimum Gasteiger partial charge on any atom is -0.410 e. The fraction of sp³-hybridized carbons (Fsp3) is 0.429. The third kappa shape index (κ3) is 3.91. The number of rotatable bonds is 4. The number of nitrogens with one attached hydrogen (secondary N) is 1. The van der Waals surface area contributed by atoms with Gasteiger partial charge in [-0.1, -0.05) is 18.7 Å². The molecule has 7 nitrogen and oxygen atoms in total. The molecule has 0 spiro atoms. The number of fused-ring (bicyclic) bond motifs is 1. The Morgan fingerprint density at radius 3 is 3.13 bits per heavy atom. The van der Waals surface area contributed by atoms with Crippen LogP contribution in [-0.2, 0) is 17.6 Å². The Bertz CT molecular complexity index is 740. The summed E-state index contributed by atoms with van der Waals surface area (Å²) in [5, 5.41) is 10.2. The summed E-state index contributed by atoms with van der Waals surface area (Å²) in [5.41, 5.74) is 6.24. The minimum absolute atomic E-state index is 0.0109. The lowest BCUT2D eigenvalue weighted by atomic mass is 9.90. The first-order valence-electron chi connectivity index (χ1n) is 7.19. The summed E-state index contributed by atoms with van der Waals surface area (Å²) < 4.78 is 5.58. The molecular weight excluding hydrogens is 336 g/mol. The van der Waals surface area contributed by atoms with Gasteiger partial charge in [-0.2, -0.15) is 0 Å². The average molecular weight is 352 g/mol. The van der Waals surface area contributed by atoms with Crippen molar-refractivity contribution in [2.45, 2.75) is 31.4 Å². The van der Waals surface area contributed by atoms with Crippen LogP contribution in [-0.4, -0.2) is 27.9 Å². The van der Waals surface area contributed by atoms with E-state index in [4.69, 9.17) is 10.2 Å². The highest BCUT2D eigenvalue weighted by Gasteiger charge is 2.21. The van der Waals surface area contributed by atoms with Gasteiger partial charge in [-0.15, -0.1) is 21.5 Å². The first-order valence-corrected chi connectivity index (χ1v) is 8.99. The molecule has 0 aromatic carbocycles. The third-order valence-corrected chi connectivity index (χ3v) is 5.58. The normalized spacial score (nSPS) is 16.8. The van der Waals surface area contributed by atoms with Gasteiger partial charge in [0.05, 0.1) is 10.6 Å². The number of carbonyl (C=O) groups excluding carboxylic acids is 2. The number of imide groups is 1. The largest absolute Gasteiger partial charge is 0.410 e. The van der Waals surface area contributed by atoms with Crippen molar-refractivity contribution in [2.75, 3.05) is 5.75 Å². The highest BCUT2D eigenvalue weighted by Crippen LogP contribution is 2.37. The van der Waals surface area contributed by atoms with E-state index in [1.165, 1.54) is 16.9 Å². The fourth-order valence-electron chi connectivity index (χ4n) is 2.48. The van der Waals surface area contributed by atoms with Crippen molar-refractivity contribution in [2.24, 2.45) is 11.7 Å². The molecular formula is C14H16N4O3S2. The first-order chi connectivity index (χ1) is 11.0. The summed E-state index contributed by atoms with van der Waals surface area (Å²) in [7, 11) is 0. The topological polar surface area (TPSA) is 111 Å². The molecule has 1 aliphatic carbocycles. The maximum Gasteiger partial charge on any atom is 0.318 e. The number of urea groups is 1. The molecule has 3 amide bonds. The summed E-state index contributed by atoms with van der Waals surface area (Å²) in [6.07, 6.45) is 3.41. The van der Waals surface area contributed by atoms with Crippen molar-refractivity contribution in [3.8, 4) is 10.8 Å². The van der Waals surface area contributed by atoms with Gasteiger partial charge >= 0.3 is 6.03 Å². The van der Waals surface area contributed by atoms with E-state index < -0.39 is 11.9 Å². The maximum atomic E-state index is 11.3. The Labute approximate surface area is 141 Å². The number of carbonyl (C=O) groups is 2. The van der Waals surface area contributed by atoms with Gasteiger partial charge in [-0.05, 0) is 36.8 Å². The molecule has 2 aromatic heterocycles. The zero-order valence-electron chi connectivity index (χ0n) is 12.5. The number of hydrogen-bond donors (Lipinski definition) is 2. The summed E-state index contributed by atoms with van der Waals surface area (Å²) in [6, 6.07) is 1.25. The molecule has 23 heavy (non-hydrogen) atoms. The van der Waals surface area contributed by atoms with Crippen LogP contribution in [0.15, 0.2) is 15.7 Å². The van der Waals surface area contributed by atoms with Gasteiger partial charge in [0.2, 0.25) is 5.91 Å². The molecule has 122 valence electrons. The Morgan fingerprint density at radius 2 is 2.35 bits per heavy atom.